The molecule has 624 valence electrons. The van der Waals surface area contributed by atoms with E-state index in [0.29, 0.717) is 25.7 Å². The van der Waals surface area contributed by atoms with Crippen molar-refractivity contribution in [2.24, 2.45) is 5.92 Å². The molecule has 0 aromatic rings. The molecule has 3 N–H and O–H groups in total. The van der Waals surface area contributed by atoms with E-state index < -0.39 is 97.5 Å². The molecule has 0 aromatic heterocycles. The van der Waals surface area contributed by atoms with Gasteiger partial charge in [0.2, 0.25) is 0 Å². The molecule has 0 saturated heterocycles. The number of hydrogen-bond acceptors (Lipinski definition) is 15. The molecule has 0 aliphatic carbocycles. The lowest BCUT2D eigenvalue weighted by Crippen LogP contribution is -2.30. The van der Waals surface area contributed by atoms with Gasteiger partial charge in [-0.2, -0.15) is 0 Å². The summed E-state index contributed by atoms with van der Waals surface area (Å²) in [5.41, 5.74) is 0. The molecule has 17 nitrogen and oxygen atoms in total. The number of phosphoric acid groups is 2. The Labute approximate surface area is 645 Å². The zero-order valence-corrected chi connectivity index (χ0v) is 70.7. The number of esters is 4. The maximum absolute atomic E-state index is 13.1. The molecule has 0 aromatic carbocycles. The van der Waals surface area contributed by atoms with Crippen molar-refractivity contribution >= 4 is 39.5 Å². The molecule has 19 heteroatoms. The monoisotopic (exact) mass is 1540 g/mol. The van der Waals surface area contributed by atoms with E-state index in [1.54, 1.807) is 0 Å². The second-order valence-corrected chi connectivity index (χ2v) is 34.1. The highest BCUT2D eigenvalue weighted by molar-refractivity contribution is 7.47. The van der Waals surface area contributed by atoms with Crippen molar-refractivity contribution < 1.29 is 80.2 Å². The molecule has 0 fully saturated rings. The summed E-state index contributed by atoms with van der Waals surface area (Å²) in [7, 11) is -9.92. The second-order valence-electron chi connectivity index (χ2n) is 31.2. The molecule has 0 amide bonds. The Kier molecular flexibility index (Phi) is 77.3. The van der Waals surface area contributed by atoms with E-state index in [0.717, 1.165) is 95.8 Å². The Hall–Kier alpha value is -1.94. The number of aliphatic hydroxyl groups is 1. The van der Waals surface area contributed by atoms with Crippen molar-refractivity contribution in [3.8, 4) is 0 Å². The van der Waals surface area contributed by atoms with E-state index in [4.69, 9.17) is 37.0 Å². The first-order valence-corrected chi connectivity index (χ1v) is 47.7. The third-order valence-corrected chi connectivity index (χ3v) is 22.5. The predicted molar refractivity (Wildman–Crippen MR) is 432 cm³/mol. The Bertz CT molecular complexity index is 2000. The van der Waals surface area contributed by atoms with Crippen molar-refractivity contribution in [3.63, 3.8) is 0 Å². The van der Waals surface area contributed by atoms with Gasteiger partial charge in [0.1, 0.15) is 19.3 Å². The zero-order chi connectivity index (χ0) is 76.9. The molecule has 0 heterocycles. The van der Waals surface area contributed by atoms with Gasteiger partial charge in [0, 0.05) is 25.7 Å². The quantitative estimate of drug-likeness (QED) is 0.0222. The van der Waals surface area contributed by atoms with Crippen molar-refractivity contribution in [2.45, 2.75) is 483 Å². The lowest BCUT2D eigenvalue weighted by Gasteiger charge is -2.21. The zero-order valence-electron chi connectivity index (χ0n) is 68.9. The van der Waals surface area contributed by atoms with Crippen LogP contribution in [-0.4, -0.2) is 96.7 Å². The summed E-state index contributed by atoms with van der Waals surface area (Å²) in [5, 5.41) is 10.7. The lowest BCUT2D eigenvalue weighted by molar-refractivity contribution is -0.161. The number of phosphoric ester groups is 2. The largest absolute Gasteiger partial charge is 0.472 e. The molecular formula is C86H168O17P2. The van der Waals surface area contributed by atoms with Gasteiger partial charge >= 0.3 is 39.5 Å². The van der Waals surface area contributed by atoms with Crippen LogP contribution in [0.3, 0.4) is 0 Å². The molecule has 0 rings (SSSR count). The summed E-state index contributed by atoms with van der Waals surface area (Å²) in [4.78, 5) is 73.2. The summed E-state index contributed by atoms with van der Waals surface area (Å²) in [6.45, 7) is 7.43. The summed E-state index contributed by atoms with van der Waals surface area (Å²) in [6, 6.07) is 0. The van der Waals surface area contributed by atoms with Crippen molar-refractivity contribution in [3.05, 3.63) is 0 Å². The molecule has 0 aliphatic rings. The SMILES string of the molecule is CCCCCCCCCCCCCCCCCCCCCC(=O)OC[C@H](COP(=O)(O)OC[C@@H](O)COP(=O)(O)OC[C@@H](COC(=O)CCCCCCCCCCCCCC)OC(=O)CCCCCCCCCCCCCC)OC(=O)CCCCCCCCCCCCCCCCCCCCC(C)CC. The number of carbonyl (C=O) groups is 4. The highest BCUT2D eigenvalue weighted by Crippen LogP contribution is 2.45. The fourth-order valence-corrected chi connectivity index (χ4v) is 15.0. The summed E-state index contributed by atoms with van der Waals surface area (Å²) < 4.78 is 68.9. The van der Waals surface area contributed by atoms with Gasteiger partial charge in [-0.05, 0) is 31.6 Å². The van der Waals surface area contributed by atoms with Gasteiger partial charge < -0.3 is 33.8 Å². The third-order valence-electron chi connectivity index (χ3n) is 20.6. The first-order valence-electron chi connectivity index (χ1n) is 44.7. The number of hydrogen-bond donors (Lipinski definition) is 3. The predicted octanol–water partition coefficient (Wildman–Crippen LogP) is 26.4. The van der Waals surface area contributed by atoms with Gasteiger partial charge in [0.05, 0.1) is 26.4 Å². The van der Waals surface area contributed by atoms with Gasteiger partial charge in [-0.15, -0.1) is 0 Å². The average Bonchev–Trinajstić information content (AvgIpc) is 0.920. The van der Waals surface area contributed by atoms with Crippen molar-refractivity contribution in [2.75, 3.05) is 39.6 Å². The molecular weight excluding hydrogens is 1370 g/mol. The van der Waals surface area contributed by atoms with Crippen molar-refractivity contribution in [1.29, 1.82) is 0 Å². The first kappa shape index (κ1) is 103. The number of carbonyl (C=O) groups excluding carboxylic acids is 4. The van der Waals surface area contributed by atoms with Gasteiger partial charge in [-0.3, -0.25) is 37.3 Å². The molecule has 6 atom stereocenters. The van der Waals surface area contributed by atoms with Crippen LogP contribution in [0.15, 0.2) is 0 Å². The van der Waals surface area contributed by atoms with Crippen LogP contribution >= 0.6 is 15.6 Å². The highest BCUT2D eigenvalue weighted by Gasteiger charge is 2.30. The van der Waals surface area contributed by atoms with Crippen LogP contribution in [-0.2, 0) is 65.4 Å². The van der Waals surface area contributed by atoms with Crippen LogP contribution in [0.25, 0.3) is 0 Å². The smallest absolute Gasteiger partial charge is 0.462 e. The normalized spacial score (nSPS) is 14.0. The van der Waals surface area contributed by atoms with Gasteiger partial charge in [0.25, 0.3) is 0 Å². The third kappa shape index (κ3) is 78.5. The summed E-state index contributed by atoms with van der Waals surface area (Å²) >= 11 is 0. The average molecular weight is 1540 g/mol. The van der Waals surface area contributed by atoms with Crippen LogP contribution in [0.2, 0.25) is 0 Å². The second kappa shape index (κ2) is 78.7. The van der Waals surface area contributed by atoms with Crippen LogP contribution in [0.1, 0.15) is 465 Å². The minimum Gasteiger partial charge on any atom is -0.462 e. The van der Waals surface area contributed by atoms with E-state index >= 15 is 0 Å². The van der Waals surface area contributed by atoms with Gasteiger partial charge in [-0.25, -0.2) is 9.13 Å². The fourth-order valence-electron chi connectivity index (χ4n) is 13.4. The van der Waals surface area contributed by atoms with E-state index in [1.165, 1.54) is 289 Å². The highest BCUT2D eigenvalue weighted by atomic mass is 31.2. The Morgan fingerprint density at radius 1 is 0.267 bits per heavy atom. The van der Waals surface area contributed by atoms with E-state index in [9.17, 15) is 43.2 Å². The van der Waals surface area contributed by atoms with Crippen LogP contribution in [0.4, 0.5) is 0 Å². The van der Waals surface area contributed by atoms with E-state index in [-0.39, 0.29) is 25.7 Å². The molecule has 3 unspecified atom stereocenters. The number of unbranched alkanes of at least 4 members (excludes halogenated alkanes) is 57. The molecule has 0 saturated carbocycles. The van der Waals surface area contributed by atoms with Gasteiger partial charge in [0.15, 0.2) is 12.2 Å². The molecule has 105 heavy (non-hydrogen) atoms. The van der Waals surface area contributed by atoms with Gasteiger partial charge in [-0.1, -0.05) is 413 Å². The first-order chi connectivity index (χ1) is 51.1. The fraction of sp³-hybridized carbons (Fsp3) is 0.953. The molecule has 0 aliphatic heterocycles. The minimum absolute atomic E-state index is 0.108. The summed E-state index contributed by atoms with van der Waals surface area (Å²) in [5.74, 6) is -1.23. The number of aliphatic hydroxyl groups excluding tert-OH is 1. The maximum Gasteiger partial charge on any atom is 0.472 e. The lowest BCUT2D eigenvalue weighted by atomic mass is 9.99. The number of rotatable bonds is 86. The van der Waals surface area contributed by atoms with E-state index in [2.05, 4.69) is 34.6 Å². The van der Waals surface area contributed by atoms with Crippen molar-refractivity contribution in [1.82, 2.24) is 0 Å². The van der Waals surface area contributed by atoms with Crippen LogP contribution in [0.5, 0.6) is 0 Å². The standard InChI is InChI=1S/C86H168O17P2/c1-6-10-13-16-19-22-25-28-29-30-31-35-38-41-46-50-55-60-65-70-84(89)97-76-82(103-86(91)72-67-62-57-52-47-42-39-36-33-32-34-37-40-43-48-53-58-63-68-79(5)9-4)78-101-105(94,95)99-74-80(87)73-98-104(92,93)100-77-81(102-85(90)71-66-61-56-51-45-27-24-21-18-15-12-8-3)75-96-83(88)69-64-59-54-49-44-26-23-20-17-14-11-7-2/h79-82,87H,6-78H2,1-5H3,(H,92,93)(H,94,95)/t79?,80-,81+,82+/m0/s1. The molecule has 0 spiro atoms. The Morgan fingerprint density at radius 3 is 0.676 bits per heavy atom. The Morgan fingerprint density at radius 2 is 0.457 bits per heavy atom. The van der Waals surface area contributed by atoms with Crippen LogP contribution in [0, 0.1) is 5.92 Å². The molecule has 0 radical (unpaired) electrons. The Balaban J connectivity index is 5.22. The minimum atomic E-state index is -4.97. The van der Waals surface area contributed by atoms with E-state index in [1.807, 2.05) is 0 Å². The number of ether oxygens (including phenoxy) is 4. The summed E-state index contributed by atoms with van der Waals surface area (Å²) in [6.07, 6.45) is 72.1. The topological polar surface area (TPSA) is 237 Å². The maximum atomic E-state index is 13.1. The van der Waals surface area contributed by atoms with Crippen LogP contribution < -0.4 is 0 Å². The molecule has 0 bridgehead atoms.